The zero-order valence-electron chi connectivity index (χ0n) is 18.6. The zero-order valence-corrected chi connectivity index (χ0v) is 20.2. The fourth-order valence-corrected chi connectivity index (χ4v) is 4.25. The third-order valence-corrected chi connectivity index (χ3v) is 6.52. The van der Waals surface area contributed by atoms with E-state index in [9.17, 15) is 13.2 Å². The molecule has 0 bridgehead atoms. The lowest BCUT2D eigenvalue weighted by atomic mass is 10.0. The summed E-state index contributed by atoms with van der Waals surface area (Å²) in [6.07, 6.45) is 1.32. The number of benzene rings is 4. The summed E-state index contributed by atoms with van der Waals surface area (Å²) in [5.74, 6) is 0.312. The van der Waals surface area contributed by atoms with E-state index in [1.54, 1.807) is 30.3 Å². The van der Waals surface area contributed by atoms with Crippen molar-refractivity contribution < 1.29 is 22.7 Å². The van der Waals surface area contributed by atoms with E-state index >= 15 is 0 Å². The van der Waals surface area contributed by atoms with Crippen molar-refractivity contribution in [1.29, 1.82) is 0 Å². The van der Waals surface area contributed by atoms with Crippen molar-refractivity contribution >= 4 is 44.6 Å². The zero-order chi connectivity index (χ0) is 24.8. The van der Waals surface area contributed by atoms with E-state index in [2.05, 4.69) is 9.93 Å². The molecule has 0 fully saturated rings. The van der Waals surface area contributed by atoms with Gasteiger partial charge < -0.3 is 9.47 Å². The highest BCUT2D eigenvalue weighted by Crippen LogP contribution is 2.28. The van der Waals surface area contributed by atoms with Gasteiger partial charge in [-0.15, -0.1) is 0 Å². The van der Waals surface area contributed by atoms with Gasteiger partial charge in [0.05, 0.1) is 23.3 Å². The maximum absolute atomic E-state index is 12.8. The molecule has 0 atom stereocenters. The minimum Gasteiger partial charge on any atom is -0.494 e. The molecule has 178 valence electrons. The van der Waals surface area contributed by atoms with E-state index in [0.717, 1.165) is 10.8 Å². The number of ether oxygens (including phenoxy) is 2. The minimum absolute atomic E-state index is 0.0131. The Morgan fingerprint density at radius 1 is 0.971 bits per heavy atom. The van der Waals surface area contributed by atoms with Gasteiger partial charge in [-0.3, -0.25) is 0 Å². The van der Waals surface area contributed by atoms with Crippen LogP contribution in [-0.4, -0.2) is 27.2 Å². The largest absolute Gasteiger partial charge is 0.494 e. The smallest absolute Gasteiger partial charge is 0.343 e. The Morgan fingerprint density at radius 2 is 1.69 bits per heavy atom. The summed E-state index contributed by atoms with van der Waals surface area (Å²) >= 11 is 5.83. The van der Waals surface area contributed by atoms with Crippen LogP contribution in [0.15, 0.2) is 94.9 Å². The number of hydrogen-bond acceptors (Lipinski definition) is 6. The molecule has 4 aromatic carbocycles. The summed E-state index contributed by atoms with van der Waals surface area (Å²) in [5, 5.41) is 5.96. The number of nitrogens with one attached hydrogen (secondary N) is 1. The molecule has 0 heterocycles. The summed E-state index contributed by atoms with van der Waals surface area (Å²) in [4.78, 5) is 15.0. The van der Waals surface area contributed by atoms with Gasteiger partial charge in [-0.1, -0.05) is 41.9 Å². The van der Waals surface area contributed by atoms with Gasteiger partial charge in [0, 0.05) is 10.6 Å². The normalized spacial score (nSPS) is 11.5. The van der Waals surface area contributed by atoms with Gasteiger partial charge in [-0.2, -0.15) is 13.5 Å². The van der Waals surface area contributed by atoms with E-state index in [4.69, 9.17) is 21.1 Å². The number of carbonyl (C=O) groups excluding carboxylic acids is 1. The first-order valence-corrected chi connectivity index (χ1v) is 12.5. The first kappa shape index (κ1) is 24.3. The summed E-state index contributed by atoms with van der Waals surface area (Å²) < 4.78 is 36.2. The molecule has 0 aromatic heterocycles. The minimum atomic E-state index is -3.91. The molecule has 9 heteroatoms. The number of sulfonamides is 1. The van der Waals surface area contributed by atoms with E-state index in [-0.39, 0.29) is 10.6 Å². The second kappa shape index (κ2) is 10.6. The number of fused-ring (bicyclic) bond motifs is 1. The average Bonchev–Trinajstić information content (AvgIpc) is 2.86. The SMILES string of the molecule is CCOc1ccc(C(=O)Oc2ccc3ccccc3c2C=NNS(=O)(=O)c2ccc(Cl)cc2)cc1. The first-order chi connectivity index (χ1) is 16.9. The predicted molar refractivity (Wildman–Crippen MR) is 136 cm³/mol. The molecule has 4 rings (SSSR count). The molecule has 0 saturated heterocycles. The third kappa shape index (κ3) is 5.79. The van der Waals surface area contributed by atoms with Crippen LogP contribution in [0.5, 0.6) is 11.5 Å². The molecule has 0 saturated carbocycles. The van der Waals surface area contributed by atoms with Crippen LogP contribution in [0.2, 0.25) is 5.02 Å². The standard InChI is InChI=1S/C26H21ClN2O5S/c1-2-33-21-12-7-19(8-13-21)26(30)34-25-16-9-18-5-3-4-6-23(18)24(25)17-28-29-35(31,32)22-14-10-20(27)11-15-22/h3-17,29H,2H2,1H3. The molecule has 0 aliphatic rings. The number of hydrazone groups is 1. The van der Waals surface area contributed by atoms with Gasteiger partial charge in [0.25, 0.3) is 10.0 Å². The van der Waals surface area contributed by atoms with Crippen LogP contribution >= 0.6 is 11.6 Å². The van der Waals surface area contributed by atoms with Crippen LogP contribution in [0.1, 0.15) is 22.8 Å². The Hall–Kier alpha value is -3.88. The highest BCUT2D eigenvalue weighted by atomic mass is 35.5. The molecule has 0 spiro atoms. The Labute approximate surface area is 208 Å². The summed E-state index contributed by atoms with van der Waals surface area (Å²) in [6, 6.07) is 23.2. The van der Waals surface area contributed by atoms with Crippen molar-refractivity contribution in [2.45, 2.75) is 11.8 Å². The number of halogens is 1. The summed E-state index contributed by atoms with van der Waals surface area (Å²) in [5.41, 5.74) is 0.786. The van der Waals surface area contributed by atoms with Gasteiger partial charge in [0.1, 0.15) is 11.5 Å². The topological polar surface area (TPSA) is 94.1 Å². The number of esters is 1. The Balaban J connectivity index is 1.62. The molecule has 7 nitrogen and oxygen atoms in total. The Bertz CT molecular complexity index is 1480. The molecule has 0 aliphatic carbocycles. The average molecular weight is 509 g/mol. The van der Waals surface area contributed by atoms with E-state index in [1.807, 2.05) is 37.3 Å². The Morgan fingerprint density at radius 3 is 2.40 bits per heavy atom. The highest BCUT2D eigenvalue weighted by molar-refractivity contribution is 7.89. The second-order valence-electron chi connectivity index (χ2n) is 7.35. The van der Waals surface area contributed by atoms with Crippen molar-refractivity contribution in [3.05, 3.63) is 101 Å². The lowest BCUT2D eigenvalue weighted by molar-refractivity contribution is 0.0734. The molecule has 35 heavy (non-hydrogen) atoms. The molecule has 0 radical (unpaired) electrons. The van der Waals surface area contributed by atoms with Crippen LogP contribution in [0, 0.1) is 0 Å². The molecule has 4 aromatic rings. The van der Waals surface area contributed by atoms with E-state index in [0.29, 0.717) is 28.5 Å². The van der Waals surface area contributed by atoms with Crippen LogP contribution in [0.25, 0.3) is 10.8 Å². The van der Waals surface area contributed by atoms with Gasteiger partial charge in [0.15, 0.2) is 0 Å². The molecule has 1 N–H and O–H groups in total. The molecule has 0 amide bonds. The fourth-order valence-electron chi connectivity index (χ4n) is 3.34. The Kier molecular flexibility index (Phi) is 7.33. The first-order valence-electron chi connectivity index (χ1n) is 10.6. The van der Waals surface area contributed by atoms with Gasteiger partial charge in [-0.05, 0) is 72.3 Å². The third-order valence-electron chi connectivity index (χ3n) is 5.02. The monoisotopic (exact) mass is 508 g/mol. The molecule has 0 unspecified atom stereocenters. The number of rotatable bonds is 8. The van der Waals surface area contributed by atoms with Crippen LogP contribution < -0.4 is 14.3 Å². The number of hydrogen-bond donors (Lipinski definition) is 1. The second-order valence-corrected chi connectivity index (χ2v) is 9.45. The van der Waals surface area contributed by atoms with E-state index in [1.165, 1.54) is 30.5 Å². The number of nitrogens with zero attached hydrogens (tertiary/aromatic N) is 1. The quantitative estimate of drug-likeness (QED) is 0.148. The van der Waals surface area contributed by atoms with Crippen molar-refractivity contribution in [3.8, 4) is 11.5 Å². The van der Waals surface area contributed by atoms with E-state index < -0.39 is 16.0 Å². The van der Waals surface area contributed by atoms with Crippen molar-refractivity contribution in [3.63, 3.8) is 0 Å². The van der Waals surface area contributed by atoms with Crippen LogP contribution in [0.3, 0.4) is 0 Å². The summed E-state index contributed by atoms with van der Waals surface area (Å²) in [6.45, 7) is 2.39. The highest BCUT2D eigenvalue weighted by Gasteiger charge is 2.15. The van der Waals surface area contributed by atoms with Crippen LogP contribution in [-0.2, 0) is 10.0 Å². The lowest BCUT2D eigenvalue weighted by Gasteiger charge is -2.11. The van der Waals surface area contributed by atoms with Crippen LogP contribution in [0.4, 0.5) is 0 Å². The molecular formula is C26H21ClN2O5S. The van der Waals surface area contributed by atoms with Gasteiger partial charge >= 0.3 is 5.97 Å². The van der Waals surface area contributed by atoms with Crippen molar-refractivity contribution in [2.75, 3.05) is 6.61 Å². The lowest BCUT2D eigenvalue weighted by Crippen LogP contribution is -2.18. The molecule has 0 aliphatic heterocycles. The van der Waals surface area contributed by atoms with Gasteiger partial charge in [-0.25, -0.2) is 9.63 Å². The maximum Gasteiger partial charge on any atom is 0.343 e. The molecular weight excluding hydrogens is 488 g/mol. The number of carbonyl (C=O) groups is 1. The van der Waals surface area contributed by atoms with Gasteiger partial charge in [0.2, 0.25) is 0 Å². The van der Waals surface area contributed by atoms with Crippen molar-refractivity contribution in [2.24, 2.45) is 5.10 Å². The fraction of sp³-hybridized carbons (Fsp3) is 0.0769. The van der Waals surface area contributed by atoms with Crippen molar-refractivity contribution in [1.82, 2.24) is 4.83 Å². The maximum atomic E-state index is 12.8. The summed E-state index contributed by atoms with van der Waals surface area (Å²) in [7, 11) is -3.91. The predicted octanol–water partition coefficient (Wildman–Crippen LogP) is 5.42.